The molecular formula is C21H26F2N4O5. The summed E-state index contributed by atoms with van der Waals surface area (Å²) in [5.74, 6) is -2.79. The predicted octanol–water partition coefficient (Wildman–Crippen LogP) is 1.91. The highest BCUT2D eigenvalue weighted by atomic mass is 19.2. The minimum atomic E-state index is -1.09. The molecule has 2 heterocycles. The molecule has 1 fully saturated rings. The third-order valence-electron chi connectivity index (χ3n) is 5.21. The van der Waals surface area contributed by atoms with Crippen molar-refractivity contribution in [1.29, 1.82) is 0 Å². The molecule has 11 heteroatoms. The number of rotatable bonds is 6. The number of carbonyl (C=O) groups is 3. The van der Waals surface area contributed by atoms with Gasteiger partial charge in [-0.15, -0.1) is 0 Å². The quantitative estimate of drug-likeness (QED) is 0.640. The molecule has 0 unspecified atom stereocenters. The van der Waals surface area contributed by atoms with Crippen molar-refractivity contribution >= 4 is 18.1 Å². The number of benzene rings is 1. The average molecular weight is 452 g/mol. The van der Waals surface area contributed by atoms with Crippen LogP contribution in [0.1, 0.15) is 25.5 Å². The van der Waals surface area contributed by atoms with E-state index in [0.717, 1.165) is 12.1 Å². The summed E-state index contributed by atoms with van der Waals surface area (Å²) in [5, 5.41) is 5.23. The zero-order valence-electron chi connectivity index (χ0n) is 18.0. The van der Waals surface area contributed by atoms with E-state index in [1.165, 1.54) is 6.07 Å². The lowest BCUT2D eigenvalue weighted by Gasteiger charge is -2.36. The Bertz CT molecular complexity index is 915. The van der Waals surface area contributed by atoms with Crippen molar-refractivity contribution in [2.75, 3.05) is 45.9 Å². The third kappa shape index (κ3) is 5.34. The van der Waals surface area contributed by atoms with E-state index in [9.17, 15) is 23.2 Å². The largest absolute Gasteiger partial charge is 0.463 e. The van der Waals surface area contributed by atoms with Crippen molar-refractivity contribution in [3.63, 3.8) is 0 Å². The topological polar surface area (TPSA) is 100 Å². The minimum absolute atomic E-state index is 0.103. The van der Waals surface area contributed by atoms with Gasteiger partial charge in [-0.25, -0.2) is 23.2 Å². The molecule has 0 aliphatic carbocycles. The molecule has 0 radical (unpaired) electrons. The lowest BCUT2D eigenvalue weighted by Crippen LogP contribution is -2.52. The van der Waals surface area contributed by atoms with Crippen LogP contribution in [0, 0.1) is 11.6 Å². The summed E-state index contributed by atoms with van der Waals surface area (Å²) in [5.41, 5.74) is 0.642. The molecule has 1 saturated heterocycles. The monoisotopic (exact) mass is 452 g/mol. The lowest BCUT2D eigenvalue weighted by atomic mass is 9.94. The molecule has 2 aliphatic rings. The third-order valence-corrected chi connectivity index (χ3v) is 5.21. The van der Waals surface area contributed by atoms with Crippen molar-refractivity contribution in [2.45, 2.75) is 19.9 Å². The Morgan fingerprint density at radius 3 is 2.38 bits per heavy atom. The number of halogens is 2. The normalized spacial score (nSPS) is 19.3. The number of hydrogen-bond acceptors (Lipinski definition) is 6. The highest BCUT2D eigenvalue weighted by Gasteiger charge is 2.35. The van der Waals surface area contributed by atoms with Crippen LogP contribution in [0.15, 0.2) is 29.5 Å². The fraction of sp³-hybridized carbons (Fsp3) is 0.476. The lowest BCUT2D eigenvalue weighted by molar-refractivity contribution is -0.139. The molecule has 174 valence electrons. The number of nitrogens with one attached hydrogen (secondary N) is 2. The molecule has 2 aliphatic heterocycles. The van der Waals surface area contributed by atoms with Gasteiger partial charge in [0.2, 0.25) is 0 Å². The summed E-state index contributed by atoms with van der Waals surface area (Å²) in [6, 6.07) is 1.61. The molecule has 0 aromatic heterocycles. The highest BCUT2D eigenvalue weighted by Crippen LogP contribution is 2.29. The molecule has 0 spiro atoms. The van der Waals surface area contributed by atoms with Gasteiger partial charge in [-0.2, -0.15) is 0 Å². The van der Waals surface area contributed by atoms with Crippen molar-refractivity contribution in [2.24, 2.45) is 0 Å². The molecule has 9 nitrogen and oxygen atoms in total. The predicted molar refractivity (Wildman–Crippen MR) is 109 cm³/mol. The molecule has 32 heavy (non-hydrogen) atoms. The van der Waals surface area contributed by atoms with Gasteiger partial charge in [0.05, 0.1) is 24.8 Å². The Kier molecular flexibility index (Phi) is 7.62. The van der Waals surface area contributed by atoms with Crippen LogP contribution in [-0.2, 0) is 14.3 Å². The number of esters is 1. The van der Waals surface area contributed by atoms with E-state index < -0.39 is 29.7 Å². The number of ether oxygens (including phenoxy) is 2. The second-order valence-corrected chi connectivity index (χ2v) is 7.28. The molecule has 2 N–H and O–H groups in total. The zero-order chi connectivity index (χ0) is 23.3. The van der Waals surface area contributed by atoms with Gasteiger partial charge in [-0.3, -0.25) is 4.90 Å². The Morgan fingerprint density at radius 1 is 1.06 bits per heavy atom. The first-order valence-corrected chi connectivity index (χ1v) is 10.4. The first-order valence-electron chi connectivity index (χ1n) is 10.4. The van der Waals surface area contributed by atoms with Gasteiger partial charge in [-0.1, -0.05) is 6.07 Å². The van der Waals surface area contributed by atoms with E-state index >= 15 is 0 Å². The van der Waals surface area contributed by atoms with Crippen LogP contribution in [0.3, 0.4) is 0 Å². The van der Waals surface area contributed by atoms with Gasteiger partial charge in [0, 0.05) is 38.4 Å². The van der Waals surface area contributed by atoms with Crippen LogP contribution >= 0.6 is 0 Å². The fourth-order valence-corrected chi connectivity index (χ4v) is 3.66. The maximum atomic E-state index is 13.8. The van der Waals surface area contributed by atoms with Crippen molar-refractivity contribution in [1.82, 2.24) is 20.4 Å². The number of hydrogen-bond donors (Lipinski definition) is 2. The maximum Gasteiger partial charge on any atom is 0.409 e. The molecule has 3 amide bonds. The van der Waals surface area contributed by atoms with Crippen LogP contribution in [-0.4, -0.2) is 73.8 Å². The number of piperazine rings is 1. The van der Waals surface area contributed by atoms with Crippen molar-refractivity contribution in [3.8, 4) is 0 Å². The van der Waals surface area contributed by atoms with E-state index in [-0.39, 0.29) is 30.4 Å². The summed E-state index contributed by atoms with van der Waals surface area (Å²) in [7, 11) is 0. The average Bonchev–Trinajstić information content (AvgIpc) is 2.76. The Hall–Kier alpha value is -3.21. The van der Waals surface area contributed by atoms with Gasteiger partial charge in [0.1, 0.15) is 0 Å². The number of urea groups is 1. The van der Waals surface area contributed by atoms with E-state index in [2.05, 4.69) is 10.6 Å². The molecular weight excluding hydrogens is 426 g/mol. The summed E-state index contributed by atoms with van der Waals surface area (Å²) < 4.78 is 37.5. The molecule has 1 aromatic carbocycles. The summed E-state index contributed by atoms with van der Waals surface area (Å²) in [6.45, 7) is 5.84. The molecule has 3 rings (SSSR count). The molecule has 0 bridgehead atoms. The maximum absolute atomic E-state index is 13.8. The van der Waals surface area contributed by atoms with Gasteiger partial charge < -0.3 is 25.0 Å². The summed E-state index contributed by atoms with van der Waals surface area (Å²) in [4.78, 5) is 40.6. The van der Waals surface area contributed by atoms with E-state index in [1.54, 1.807) is 18.7 Å². The molecule has 0 saturated carbocycles. The second kappa shape index (κ2) is 10.4. The van der Waals surface area contributed by atoms with Crippen molar-refractivity contribution in [3.05, 3.63) is 46.7 Å². The van der Waals surface area contributed by atoms with Gasteiger partial charge in [0.15, 0.2) is 11.6 Å². The molecule has 1 atom stereocenters. The Morgan fingerprint density at radius 2 is 1.75 bits per heavy atom. The van der Waals surface area contributed by atoms with E-state index in [4.69, 9.17) is 9.47 Å². The van der Waals surface area contributed by atoms with Crippen LogP contribution < -0.4 is 10.6 Å². The van der Waals surface area contributed by atoms with E-state index in [0.29, 0.717) is 38.5 Å². The minimum Gasteiger partial charge on any atom is -0.463 e. The zero-order valence-corrected chi connectivity index (χ0v) is 18.0. The Labute approximate surface area is 184 Å². The fourth-order valence-electron chi connectivity index (χ4n) is 3.66. The first kappa shape index (κ1) is 23.5. The number of nitrogens with zero attached hydrogens (tertiary/aromatic N) is 2. The smallest absolute Gasteiger partial charge is 0.409 e. The van der Waals surface area contributed by atoms with E-state index in [1.807, 2.05) is 4.90 Å². The number of amides is 3. The van der Waals surface area contributed by atoms with Gasteiger partial charge in [-0.05, 0) is 31.5 Å². The van der Waals surface area contributed by atoms with Crippen LogP contribution in [0.4, 0.5) is 18.4 Å². The first-order chi connectivity index (χ1) is 15.3. The van der Waals surface area contributed by atoms with Gasteiger partial charge >= 0.3 is 18.1 Å². The highest BCUT2D eigenvalue weighted by molar-refractivity contribution is 5.95. The Balaban J connectivity index is 1.86. The second-order valence-electron chi connectivity index (χ2n) is 7.28. The standard InChI is InChI=1S/C21H26F2N4O5/c1-3-31-19(28)17-16(12-26-7-9-27(10-8-26)21(30)32-4-2)24-20(29)25-18(17)13-5-6-14(22)15(23)11-13/h5-6,11,18H,3-4,7-10,12H2,1-2H3,(H2,24,25,29)/t18-/m1/s1. The summed E-state index contributed by atoms with van der Waals surface area (Å²) in [6.07, 6.45) is -0.382. The van der Waals surface area contributed by atoms with Crippen LogP contribution in [0.2, 0.25) is 0 Å². The number of carbonyl (C=O) groups excluding carboxylic acids is 3. The molecule has 1 aromatic rings. The van der Waals surface area contributed by atoms with Crippen LogP contribution in [0.5, 0.6) is 0 Å². The van der Waals surface area contributed by atoms with Crippen LogP contribution in [0.25, 0.3) is 0 Å². The van der Waals surface area contributed by atoms with Gasteiger partial charge in [0.25, 0.3) is 0 Å². The SMILES string of the molecule is CCOC(=O)C1=C(CN2CCN(C(=O)OCC)CC2)NC(=O)N[C@@H]1c1ccc(F)c(F)c1. The van der Waals surface area contributed by atoms with Crippen molar-refractivity contribution < 1.29 is 32.6 Å². The summed E-state index contributed by atoms with van der Waals surface area (Å²) >= 11 is 0.